The first-order valence-corrected chi connectivity index (χ1v) is 8.57. The molecule has 26 heavy (non-hydrogen) atoms. The predicted octanol–water partition coefficient (Wildman–Crippen LogP) is 0.151. The van der Waals surface area contributed by atoms with Crippen molar-refractivity contribution >= 4 is 23.7 Å². The lowest BCUT2D eigenvalue weighted by Crippen LogP contribution is -2.54. The van der Waals surface area contributed by atoms with Gasteiger partial charge in [-0.15, -0.1) is 0 Å². The summed E-state index contributed by atoms with van der Waals surface area (Å²) in [7, 11) is 0. The Bertz CT molecular complexity index is 662. The molecule has 9 nitrogen and oxygen atoms in total. The van der Waals surface area contributed by atoms with Crippen molar-refractivity contribution < 1.29 is 14.4 Å². The van der Waals surface area contributed by atoms with Crippen LogP contribution in [0.4, 0.5) is 4.79 Å². The van der Waals surface area contributed by atoms with Crippen LogP contribution in [0.3, 0.4) is 0 Å². The molecule has 2 rings (SSSR count). The van der Waals surface area contributed by atoms with Crippen LogP contribution in [0.15, 0.2) is 35.3 Å². The van der Waals surface area contributed by atoms with Crippen molar-refractivity contribution in [2.75, 3.05) is 6.54 Å². The first-order valence-electron chi connectivity index (χ1n) is 8.57. The molecule has 0 saturated carbocycles. The highest BCUT2D eigenvalue weighted by Gasteiger charge is 2.25. The maximum absolute atomic E-state index is 11.9. The van der Waals surface area contributed by atoms with E-state index in [0.29, 0.717) is 18.8 Å². The summed E-state index contributed by atoms with van der Waals surface area (Å²) >= 11 is 0. The van der Waals surface area contributed by atoms with Crippen molar-refractivity contribution in [2.45, 2.75) is 38.6 Å². The van der Waals surface area contributed by atoms with Crippen LogP contribution in [-0.4, -0.2) is 36.3 Å². The number of amidine groups is 1. The predicted molar refractivity (Wildman–Crippen MR) is 96.8 cm³/mol. The van der Waals surface area contributed by atoms with Crippen molar-refractivity contribution in [1.82, 2.24) is 27.0 Å². The van der Waals surface area contributed by atoms with Crippen LogP contribution in [0, 0.1) is 0 Å². The topological polar surface area (TPSA) is 124 Å². The third kappa shape index (κ3) is 6.42. The molecule has 9 heteroatoms. The minimum absolute atomic E-state index is 0.166. The second-order valence-corrected chi connectivity index (χ2v) is 5.85. The largest absolute Gasteiger partial charge is 0.337 e. The maximum Gasteiger partial charge on any atom is 0.333 e. The van der Waals surface area contributed by atoms with Gasteiger partial charge in [0.15, 0.2) is 0 Å². The minimum Gasteiger partial charge on any atom is -0.337 e. The van der Waals surface area contributed by atoms with Crippen LogP contribution in [0.25, 0.3) is 0 Å². The Kier molecular flexibility index (Phi) is 7.41. The number of aliphatic imine (C=N–C) groups is 1. The molecular formula is C17H24N6O3. The van der Waals surface area contributed by atoms with E-state index in [4.69, 9.17) is 0 Å². The van der Waals surface area contributed by atoms with E-state index in [1.165, 1.54) is 0 Å². The third-order valence-electron chi connectivity index (χ3n) is 3.67. The van der Waals surface area contributed by atoms with Gasteiger partial charge >= 0.3 is 6.03 Å². The van der Waals surface area contributed by atoms with E-state index in [9.17, 15) is 14.4 Å². The second kappa shape index (κ2) is 10.0. The van der Waals surface area contributed by atoms with Crippen LogP contribution in [0.2, 0.25) is 0 Å². The molecule has 0 spiro atoms. The Hall–Kier alpha value is -3.10. The summed E-state index contributed by atoms with van der Waals surface area (Å²) in [4.78, 5) is 39.6. The first-order chi connectivity index (χ1) is 12.6. The molecule has 4 amide bonds. The summed E-state index contributed by atoms with van der Waals surface area (Å²) in [6.45, 7) is 2.54. The van der Waals surface area contributed by atoms with Gasteiger partial charge in [-0.1, -0.05) is 43.7 Å². The lowest BCUT2D eigenvalue weighted by atomic mass is 10.1. The summed E-state index contributed by atoms with van der Waals surface area (Å²) < 4.78 is 0. The molecule has 0 radical (unpaired) electrons. The van der Waals surface area contributed by atoms with Gasteiger partial charge in [0.1, 0.15) is 11.9 Å². The van der Waals surface area contributed by atoms with E-state index in [2.05, 4.69) is 32.0 Å². The van der Waals surface area contributed by atoms with Gasteiger partial charge in [-0.3, -0.25) is 30.9 Å². The molecule has 1 heterocycles. The Morgan fingerprint density at radius 2 is 1.92 bits per heavy atom. The summed E-state index contributed by atoms with van der Waals surface area (Å²) in [5.74, 6) is -0.330. The van der Waals surface area contributed by atoms with E-state index in [0.717, 1.165) is 18.4 Å². The molecule has 1 aromatic rings. The molecule has 140 valence electrons. The first kappa shape index (κ1) is 19.2. The summed E-state index contributed by atoms with van der Waals surface area (Å²) in [6.07, 6.45) is 2.16. The molecule has 0 aliphatic carbocycles. The van der Waals surface area contributed by atoms with Crippen molar-refractivity contribution in [3.63, 3.8) is 0 Å². The molecule has 0 aromatic heterocycles. The number of nitrogens with one attached hydrogen (secondary N) is 5. The number of benzene rings is 1. The lowest BCUT2D eigenvalue weighted by Gasteiger charge is -2.22. The molecular weight excluding hydrogens is 336 g/mol. The molecule has 1 atom stereocenters. The van der Waals surface area contributed by atoms with E-state index in [-0.39, 0.29) is 6.42 Å². The summed E-state index contributed by atoms with van der Waals surface area (Å²) in [5, 5.41) is 2.60. The van der Waals surface area contributed by atoms with Crippen LogP contribution in [-0.2, 0) is 16.0 Å². The van der Waals surface area contributed by atoms with Crippen molar-refractivity contribution in [2.24, 2.45) is 4.99 Å². The number of hydrogen-bond donors (Lipinski definition) is 5. The monoisotopic (exact) mass is 360 g/mol. The molecule has 1 aromatic carbocycles. The van der Waals surface area contributed by atoms with E-state index < -0.39 is 23.9 Å². The molecule has 0 saturated heterocycles. The fraction of sp³-hybridized carbons (Fsp3) is 0.412. The fourth-order valence-corrected chi connectivity index (χ4v) is 2.29. The number of carbonyl (C=O) groups is 3. The second-order valence-electron chi connectivity index (χ2n) is 5.85. The van der Waals surface area contributed by atoms with Gasteiger partial charge < -0.3 is 5.32 Å². The van der Waals surface area contributed by atoms with E-state index >= 15 is 0 Å². The van der Waals surface area contributed by atoms with Crippen molar-refractivity contribution in [1.29, 1.82) is 0 Å². The van der Waals surface area contributed by atoms with E-state index in [1.807, 2.05) is 37.3 Å². The highest BCUT2D eigenvalue weighted by Crippen LogP contribution is 2.06. The number of hydrogen-bond acceptors (Lipinski definition) is 5. The van der Waals surface area contributed by atoms with Crippen LogP contribution in [0.5, 0.6) is 0 Å². The number of carbonyl (C=O) groups excluding carboxylic acids is 3. The highest BCUT2D eigenvalue weighted by molar-refractivity contribution is 5.96. The SMILES string of the molecule is CCCCNC(=O)NNC(=O)C[C@H]1N=C(Cc2ccccc2)NNC1=O. The van der Waals surface area contributed by atoms with Gasteiger partial charge in [-0.25, -0.2) is 10.2 Å². The highest BCUT2D eigenvalue weighted by atomic mass is 16.2. The number of nitrogens with zero attached hydrogens (tertiary/aromatic N) is 1. The lowest BCUT2D eigenvalue weighted by molar-refractivity contribution is -0.128. The van der Waals surface area contributed by atoms with Gasteiger partial charge in [-0.05, 0) is 12.0 Å². The zero-order valence-corrected chi connectivity index (χ0v) is 14.7. The molecule has 0 fully saturated rings. The minimum atomic E-state index is -0.847. The summed E-state index contributed by atoms with van der Waals surface area (Å²) in [5.41, 5.74) is 10.8. The Morgan fingerprint density at radius 3 is 2.65 bits per heavy atom. The number of amides is 4. The maximum atomic E-state index is 11.9. The fourth-order valence-electron chi connectivity index (χ4n) is 2.29. The van der Waals surface area contributed by atoms with Gasteiger partial charge in [0, 0.05) is 13.0 Å². The molecule has 1 aliphatic heterocycles. The average molecular weight is 360 g/mol. The summed E-state index contributed by atoms with van der Waals surface area (Å²) in [6, 6.07) is 8.31. The smallest absolute Gasteiger partial charge is 0.333 e. The zero-order valence-electron chi connectivity index (χ0n) is 14.7. The number of urea groups is 1. The average Bonchev–Trinajstić information content (AvgIpc) is 2.64. The normalized spacial score (nSPS) is 16.0. The molecule has 1 aliphatic rings. The molecule has 5 N–H and O–H groups in total. The van der Waals surface area contributed by atoms with Crippen LogP contribution in [0.1, 0.15) is 31.7 Å². The van der Waals surface area contributed by atoms with Crippen molar-refractivity contribution in [3.05, 3.63) is 35.9 Å². The number of rotatable bonds is 7. The Balaban J connectivity index is 1.82. The molecule has 0 unspecified atom stereocenters. The number of hydrazine groups is 2. The van der Waals surface area contributed by atoms with Gasteiger partial charge in [-0.2, -0.15) is 0 Å². The van der Waals surface area contributed by atoms with Gasteiger partial charge in [0.05, 0.1) is 6.42 Å². The van der Waals surface area contributed by atoms with Gasteiger partial charge in [0.2, 0.25) is 5.91 Å². The van der Waals surface area contributed by atoms with Crippen LogP contribution >= 0.6 is 0 Å². The third-order valence-corrected chi connectivity index (χ3v) is 3.67. The molecule has 0 bridgehead atoms. The van der Waals surface area contributed by atoms with Crippen molar-refractivity contribution in [3.8, 4) is 0 Å². The van der Waals surface area contributed by atoms with E-state index in [1.54, 1.807) is 0 Å². The van der Waals surface area contributed by atoms with Crippen LogP contribution < -0.4 is 27.0 Å². The number of unbranched alkanes of at least 4 members (excludes halogenated alkanes) is 1. The Labute approximate surface area is 152 Å². The van der Waals surface area contributed by atoms with Gasteiger partial charge in [0.25, 0.3) is 5.91 Å². The standard InChI is InChI=1S/C17H24N6O3/c1-2-3-9-18-17(26)23-21-15(24)11-13-16(25)22-20-14(19-13)10-12-7-5-4-6-8-12/h4-8,13H,2-3,9-11H2,1H3,(H,19,20)(H,21,24)(H,22,25)(H2,18,23,26)/t13-/m1/s1. The zero-order chi connectivity index (χ0) is 18.8. The quantitative estimate of drug-likeness (QED) is 0.351. The Morgan fingerprint density at radius 1 is 1.15 bits per heavy atom.